The van der Waals surface area contributed by atoms with Gasteiger partial charge >= 0.3 is 0 Å². The maximum atomic E-state index is 10.5. The van der Waals surface area contributed by atoms with E-state index in [0.29, 0.717) is 13.0 Å². The van der Waals surface area contributed by atoms with Gasteiger partial charge in [0.2, 0.25) is 0 Å². The summed E-state index contributed by atoms with van der Waals surface area (Å²) in [7, 11) is 0. The summed E-state index contributed by atoms with van der Waals surface area (Å²) < 4.78 is 4.81. The topological polar surface area (TPSA) is 46.5 Å². The van der Waals surface area contributed by atoms with Gasteiger partial charge in [-0.3, -0.25) is 4.79 Å². The number of ether oxygens (including phenoxy) is 1. The van der Waals surface area contributed by atoms with Crippen molar-refractivity contribution >= 4 is 5.78 Å². The fourth-order valence-electron chi connectivity index (χ4n) is 0.710. The van der Waals surface area contributed by atoms with E-state index < -0.39 is 6.10 Å². The zero-order valence-electron chi connectivity index (χ0n) is 4.46. The summed E-state index contributed by atoms with van der Waals surface area (Å²) in [5, 5.41) is 8.39. The van der Waals surface area contributed by atoms with E-state index in [9.17, 15) is 4.79 Å². The molecule has 0 radical (unpaired) electrons. The summed E-state index contributed by atoms with van der Waals surface area (Å²) in [6.07, 6.45) is -0.0550. The van der Waals surface area contributed by atoms with Crippen LogP contribution in [-0.4, -0.2) is 30.2 Å². The van der Waals surface area contributed by atoms with Gasteiger partial charge in [-0.2, -0.15) is 0 Å². The summed E-state index contributed by atoms with van der Waals surface area (Å²) >= 11 is 0. The fraction of sp³-hybridized carbons (Fsp3) is 0.800. The molecule has 3 heteroatoms. The van der Waals surface area contributed by atoms with E-state index in [1.807, 2.05) is 0 Å². The monoisotopic (exact) mass is 116 g/mol. The van der Waals surface area contributed by atoms with Crippen LogP contribution in [0.4, 0.5) is 0 Å². The second-order valence-corrected chi connectivity index (χ2v) is 1.76. The number of carbonyl (C=O) groups is 1. The highest BCUT2D eigenvalue weighted by Gasteiger charge is 2.23. The maximum absolute atomic E-state index is 10.5. The smallest absolute Gasteiger partial charge is 0.166 e. The van der Waals surface area contributed by atoms with Crippen molar-refractivity contribution in [2.45, 2.75) is 12.5 Å². The lowest BCUT2D eigenvalue weighted by molar-refractivity contribution is -0.123. The van der Waals surface area contributed by atoms with Crippen LogP contribution in [0.1, 0.15) is 6.42 Å². The van der Waals surface area contributed by atoms with Crippen molar-refractivity contribution < 1.29 is 14.6 Å². The molecule has 1 N–H and O–H groups in total. The zero-order chi connectivity index (χ0) is 5.98. The number of aliphatic hydroxyl groups excluding tert-OH is 1. The molecule has 1 rings (SSSR count). The van der Waals surface area contributed by atoms with Crippen LogP contribution in [0.15, 0.2) is 0 Å². The molecule has 1 heterocycles. The van der Waals surface area contributed by atoms with Gasteiger partial charge < -0.3 is 9.84 Å². The predicted octanol–water partition coefficient (Wildman–Crippen LogP) is -0.663. The second-order valence-electron chi connectivity index (χ2n) is 1.76. The molecule has 1 unspecified atom stereocenters. The van der Waals surface area contributed by atoms with E-state index >= 15 is 0 Å². The van der Waals surface area contributed by atoms with Crippen LogP contribution in [0.2, 0.25) is 0 Å². The largest absolute Gasteiger partial charge is 0.393 e. The molecular weight excluding hydrogens is 108 g/mol. The van der Waals surface area contributed by atoms with Crippen LogP contribution in [0.5, 0.6) is 0 Å². The Labute approximate surface area is 47.3 Å². The molecule has 8 heavy (non-hydrogen) atoms. The molecule has 1 fully saturated rings. The van der Waals surface area contributed by atoms with Crippen LogP contribution in [-0.2, 0) is 9.53 Å². The molecule has 0 aliphatic carbocycles. The van der Waals surface area contributed by atoms with Crippen molar-refractivity contribution in [2.24, 2.45) is 0 Å². The van der Waals surface area contributed by atoms with Crippen LogP contribution in [0, 0.1) is 0 Å². The lowest BCUT2D eigenvalue weighted by atomic mass is 10.2. The predicted molar refractivity (Wildman–Crippen MR) is 26.4 cm³/mol. The molecular formula is C5H8O3. The standard InChI is InChI=1S/C5H8O3/c6-3-5-4(7)1-2-8-5/h5-6H,1-3H2. The Hall–Kier alpha value is -0.410. The highest BCUT2D eigenvalue weighted by Crippen LogP contribution is 2.05. The Balaban J connectivity index is 2.42. The molecule has 0 aromatic carbocycles. The maximum Gasteiger partial charge on any atom is 0.166 e. The lowest BCUT2D eigenvalue weighted by Gasteiger charge is -1.99. The lowest BCUT2D eigenvalue weighted by Crippen LogP contribution is -2.19. The number of hydrogen-bond acceptors (Lipinski definition) is 3. The van der Waals surface area contributed by atoms with Crippen molar-refractivity contribution in [1.82, 2.24) is 0 Å². The SMILES string of the molecule is O=C1CCOC1CO. The fourth-order valence-corrected chi connectivity index (χ4v) is 0.710. The van der Waals surface area contributed by atoms with Gasteiger partial charge in [0.05, 0.1) is 13.2 Å². The molecule has 0 bridgehead atoms. The van der Waals surface area contributed by atoms with Gasteiger partial charge in [-0.25, -0.2) is 0 Å². The molecule has 1 saturated heterocycles. The minimum absolute atomic E-state index is 0.0208. The minimum atomic E-state index is -0.519. The Morgan fingerprint density at radius 1 is 1.88 bits per heavy atom. The van der Waals surface area contributed by atoms with E-state index in [2.05, 4.69) is 0 Å². The van der Waals surface area contributed by atoms with Crippen molar-refractivity contribution in [2.75, 3.05) is 13.2 Å². The summed E-state index contributed by atoms with van der Waals surface area (Å²) in [5.41, 5.74) is 0. The highest BCUT2D eigenvalue weighted by atomic mass is 16.5. The first-order valence-corrected chi connectivity index (χ1v) is 2.60. The van der Waals surface area contributed by atoms with Crippen LogP contribution >= 0.6 is 0 Å². The van der Waals surface area contributed by atoms with Crippen LogP contribution in [0.25, 0.3) is 0 Å². The third-order valence-electron chi connectivity index (χ3n) is 1.19. The second kappa shape index (κ2) is 2.24. The van der Waals surface area contributed by atoms with Crippen LogP contribution < -0.4 is 0 Å². The third kappa shape index (κ3) is 0.877. The normalized spacial score (nSPS) is 29.1. The van der Waals surface area contributed by atoms with Gasteiger partial charge in [0, 0.05) is 6.42 Å². The van der Waals surface area contributed by atoms with E-state index in [0.717, 1.165) is 0 Å². The first-order valence-electron chi connectivity index (χ1n) is 2.60. The molecule has 0 spiro atoms. The van der Waals surface area contributed by atoms with Crippen molar-refractivity contribution in [3.8, 4) is 0 Å². The van der Waals surface area contributed by atoms with E-state index in [1.165, 1.54) is 0 Å². The molecule has 1 aliphatic rings. The first kappa shape index (κ1) is 5.72. The molecule has 0 aromatic heterocycles. The average Bonchev–Trinajstić information content (AvgIpc) is 2.14. The number of rotatable bonds is 1. The van der Waals surface area contributed by atoms with E-state index in [-0.39, 0.29) is 12.4 Å². The van der Waals surface area contributed by atoms with Crippen molar-refractivity contribution in [1.29, 1.82) is 0 Å². The van der Waals surface area contributed by atoms with Crippen molar-refractivity contribution in [3.05, 3.63) is 0 Å². The van der Waals surface area contributed by atoms with Crippen molar-refractivity contribution in [3.63, 3.8) is 0 Å². The summed E-state index contributed by atoms with van der Waals surface area (Å²) in [5.74, 6) is 0.0208. The number of hydrogen-bond donors (Lipinski definition) is 1. The quantitative estimate of drug-likeness (QED) is 0.494. The van der Waals surface area contributed by atoms with Gasteiger partial charge in [0.15, 0.2) is 5.78 Å². The molecule has 0 amide bonds. The first-order chi connectivity index (χ1) is 3.84. The van der Waals surface area contributed by atoms with E-state index in [4.69, 9.17) is 9.84 Å². The Morgan fingerprint density at radius 3 is 2.88 bits per heavy atom. The van der Waals surface area contributed by atoms with E-state index in [1.54, 1.807) is 0 Å². The Morgan fingerprint density at radius 2 is 2.62 bits per heavy atom. The minimum Gasteiger partial charge on any atom is -0.393 e. The molecule has 1 aliphatic heterocycles. The van der Waals surface area contributed by atoms with Gasteiger partial charge in [-0.15, -0.1) is 0 Å². The van der Waals surface area contributed by atoms with Gasteiger partial charge in [0.1, 0.15) is 6.10 Å². The molecule has 0 saturated carbocycles. The van der Waals surface area contributed by atoms with Gasteiger partial charge in [-0.1, -0.05) is 0 Å². The van der Waals surface area contributed by atoms with Crippen LogP contribution in [0.3, 0.4) is 0 Å². The van der Waals surface area contributed by atoms with Gasteiger partial charge in [-0.05, 0) is 0 Å². The highest BCUT2D eigenvalue weighted by molar-refractivity contribution is 5.84. The molecule has 46 valence electrons. The number of carbonyl (C=O) groups excluding carboxylic acids is 1. The molecule has 0 aromatic rings. The summed E-state index contributed by atoms with van der Waals surface area (Å²) in [6, 6.07) is 0. The number of Topliss-reactive ketones (excluding diaryl/α,β-unsaturated/α-hetero) is 1. The number of ketones is 1. The summed E-state index contributed by atoms with van der Waals surface area (Å²) in [4.78, 5) is 10.5. The zero-order valence-corrected chi connectivity index (χ0v) is 4.46. The number of aliphatic hydroxyl groups is 1. The molecule has 1 atom stereocenters. The summed E-state index contributed by atoms with van der Waals surface area (Å²) in [6.45, 7) is 0.308. The Bertz CT molecular complexity index is 99.8. The van der Waals surface area contributed by atoms with Gasteiger partial charge in [0.25, 0.3) is 0 Å². The molecule has 3 nitrogen and oxygen atoms in total. The Kier molecular flexibility index (Phi) is 1.60. The average molecular weight is 116 g/mol. The third-order valence-corrected chi connectivity index (χ3v) is 1.19.